The number of carbonyl (C=O) groups is 2. The molecule has 0 radical (unpaired) electrons. The fourth-order valence-corrected chi connectivity index (χ4v) is 3.47. The van der Waals surface area contributed by atoms with Crippen molar-refractivity contribution >= 4 is 54.9 Å². The first-order valence-electron chi connectivity index (χ1n) is 6.98. The second-order valence-corrected chi connectivity index (χ2v) is 6.29. The van der Waals surface area contributed by atoms with E-state index in [1.807, 2.05) is 0 Å². The Balaban J connectivity index is 2.23. The first-order chi connectivity index (χ1) is 11.8. The Morgan fingerprint density at radius 2 is 1.36 bits per heavy atom. The summed E-state index contributed by atoms with van der Waals surface area (Å²) >= 11 is 1.33. The summed E-state index contributed by atoms with van der Waals surface area (Å²) in [5, 5.41) is 2.40. The van der Waals surface area contributed by atoms with Crippen LogP contribution in [0.3, 0.4) is 0 Å². The van der Waals surface area contributed by atoms with Crippen molar-refractivity contribution in [3.8, 4) is 0 Å². The van der Waals surface area contributed by atoms with E-state index in [0.717, 1.165) is 10.0 Å². The molecule has 9 nitrogen and oxygen atoms in total. The van der Waals surface area contributed by atoms with E-state index in [1.165, 1.54) is 23.5 Å². The maximum absolute atomic E-state index is 12.7. The number of hydrogen-bond donors (Lipinski definition) is 4. The molecule has 10 heteroatoms. The summed E-state index contributed by atoms with van der Waals surface area (Å²) < 4.78 is 1.32. The number of urea groups is 2. The number of carbonyl (C=O) groups excluding carboxylic acids is 2. The molecule has 1 aromatic heterocycles. The molecule has 2 aromatic carbocycles. The summed E-state index contributed by atoms with van der Waals surface area (Å²) in [5.74, 6) is 11.2. The van der Waals surface area contributed by atoms with Crippen LogP contribution in [-0.4, -0.2) is 12.1 Å². The maximum atomic E-state index is 12.7. The zero-order valence-corrected chi connectivity index (χ0v) is 13.6. The first kappa shape index (κ1) is 16.6. The molecule has 0 aliphatic carbocycles. The number of amides is 4. The van der Waals surface area contributed by atoms with Crippen LogP contribution >= 0.6 is 11.3 Å². The van der Waals surface area contributed by atoms with Gasteiger partial charge in [0.05, 0.1) is 11.4 Å². The number of nitrogens with two attached hydrogens (primary N) is 4. The SMILES string of the molecule is NC(=O)N(N)c1ccc2c(=O)c3cc(N(N)C(N)=O)ccc3sc2c1. The molecule has 0 saturated carbocycles. The predicted molar refractivity (Wildman–Crippen MR) is 98.1 cm³/mol. The molecule has 0 spiro atoms. The molecule has 0 bridgehead atoms. The average Bonchev–Trinajstić information content (AvgIpc) is 2.59. The number of nitrogens with zero attached hydrogens (tertiary/aromatic N) is 2. The lowest BCUT2D eigenvalue weighted by molar-refractivity contribution is 0.253. The lowest BCUT2D eigenvalue weighted by Gasteiger charge is -2.15. The molecular formula is C15H14N6O3S. The quantitative estimate of drug-likeness (QED) is 0.231. The number of rotatable bonds is 2. The van der Waals surface area contributed by atoms with Gasteiger partial charge in [-0.05, 0) is 36.4 Å². The van der Waals surface area contributed by atoms with Crippen LogP contribution in [0.4, 0.5) is 21.0 Å². The number of anilines is 2. The smallest absolute Gasteiger partial charge is 0.333 e. The van der Waals surface area contributed by atoms with Crippen LogP contribution in [0.25, 0.3) is 20.2 Å². The van der Waals surface area contributed by atoms with Crippen molar-refractivity contribution in [3.63, 3.8) is 0 Å². The first-order valence-corrected chi connectivity index (χ1v) is 7.80. The van der Waals surface area contributed by atoms with Crippen molar-refractivity contribution < 1.29 is 9.59 Å². The zero-order chi connectivity index (χ0) is 18.3. The molecule has 0 aliphatic heterocycles. The van der Waals surface area contributed by atoms with E-state index in [4.69, 9.17) is 23.2 Å². The van der Waals surface area contributed by atoms with Crippen molar-refractivity contribution in [2.75, 3.05) is 10.0 Å². The van der Waals surface area contributed by atoms with E-state index in [-0.39, 0.29) is 5.43 Å². The highest BCUT2D eigenvalue weighted by atomic mass is 32.1. The number of hydrogen-bond acceptors (Lipinski definition) is 6. The summed E-state index contributed by atoms with van der Waals surface area (Å²) in [6.45, 7) is 0. The number of primary amides is 2. The van der Waals surface area contributed by atoms with Crippen molar-refractivity contribution in [2.45, 2.75) is 0 Å². The van der Waals surface area contributed by atoms with E-state index < -0.39 is 12.1 Å². The minimum atomic E-state index is -0.838. The van der Waals surface area contributed by atoms with Gasteiger partial charge in [0.15, 0.2) is 5.43 Å². The Bertz CT molecular complexity index is 1080. The van der Waals surface area contributed by atoms with Crippen LogP contribution in [0, 0.1) is 0 Å². The van der Waals surface area contributed by atoms with Gasteiger partial charge in [0.2, 0.25) is 0 Å². The molecule has 25 heavy (non-hydrogen) atoms. The van der Waals surface area contributed by atoms with Crippen LogP contribution in [0.2, 0.25) is 0 Å². The summed E-state index contributed by atoms with van der Waals surface area (Å²) in [5.41, 5.74) is 10.7. The molecule has 0 unspecified atom stereocenters. The normalized spacial score (nSPS) is 10.8. The van der Waals surface area contributed by atoms with Gasteiger partial charge in [0, 0.05) is 20.2 Å². The minimum Gasteiger partial charge on any atom is -0.350 e. The Morgan fingerprint density at radius 1 is 0.800 bits per heavy atom. The van der Waals surface area contributed by atoms with Gasteiger partial charge in [-0.3, -0.25) is 4.79 Å². The molecule has 3 aromatic rings. The Hall–Kier alpha value is -3.21. The van der Waals surface area contributed by atoms with Crippen LogP contribution in [0.5, 0.6) is 0 Å². The highest BCUT2D eigenvalue weighted by Crippen LogP contribution is 2.29. The van der Waals surface area contributed by atoms with Gasteiger partial charge in [-0.1, -0.05) is 0 Å². The maximum Gasteiger partial charge on any atom is 0.333 e. The highest BCUT2D eigenvalue weighted by Gasteiger charge is 2.13. The topological polar surface area (TPSA) is 162 Å². The summed E-state index contributed by atoms with van der Waals surface area (Å²) in [4.78, 5) is 35.1. The largest absolute Gasteiger partial charge is 0.350 e. The molecule has 1 heterocycles. The van der Waals surface area contributed by atoms with Gasteiger partial charge >= 0.3 is 12.1 Å². The third-order valence-corrected chi connectivity index (χ3v) is 4.80. The fourth-order valence-electron chi connectivity index (χ4n) is 2.39. The molecule has 0 atom stereocenters. The summed E-state index contributed by atoms with van der Waals surface area (Å²) in [6.07, 6.45) is 0. The van der Waals surface area contributed by atoms with Gasteiger partial charge in [0.1, 0.15) is 0 Å². The molecular weight excluding hydrogens is 344 g/mol. The second kappa shape index (κ2) is 6.02. The van der Waals surface area contributed by atoms with Crippen molar-refractivity contribution in [1.82, 2.24) is 0 Å². The number of hydrazine groups is 2. The van der Waals surface area contributed by atoms with Gasteiger partial charge in [-0.2, -0.15) is 0 Å². The minimum absolute atomic E-state index is 0.238. The molecule has 4 amide bonds. The molecule has 8 N–H and O–H groups in total. The van der Waals surface area contributed by atoms with Crippen molar-refractivity contribution in [3.05, 3.63) is 46.6 Å². The van der Waals surface area contributed by atoms with E-state index >= 15 is 0 Å². The lowest BCUT2D eigenvalue weighted by atomic mass is 10.1. The third kappa shape index (κ3) is 2.85. The zero-order valence-electron chi connectivity index (χ0n) is 12.8. The Labute approximate surface area is 144 Å². The molecule has 3 rings (SSSR count). The van der Waals surface area contributed by atoms with E-state index in [2.05, 4.69) is 0 Å². The van der Waals surface area contributed by atoms with Crippen LogP contribution in [0.15, 0.2) is 41.2 Å². The van der Waals surface area contributed by atoms with Gasteiger partial charge in [-0.25, -0.2) is 31.3 Å². The third-order valence-electron chi connectivity index (χ3n) is 3.67. The van der Waals surface area contributed by atoms with E-state index in [0.29, 0.717) is 31.5 Å². The summed E-state index contributed by atoms with van der Waals surface area (Å²) in [7, 11) is 0. The van der Waals surface area contributed by atoms with Crippen LogP contribution in [0.1, 0.15) is 0 Å². The Morgan fingerprint density at radius 3 is 1.96 bits per heavy atom. The molecule has 0 saturated heterocycles. The number of benzene rings is 2. The second-order valence-electron chi connectivity index (χ2n) is 5.21. The van der Waals surface area contributed by atoms with Crippen molar-refractivity contribution in [2.24, 2.45) is 23.2 Å². The predicted octanol–water partition coefficient (Wildman–Crippen LogP) is 0.932. The molecule has 0 fully saturated rings. The Kier molecular flexibility index (Phi) is 4.00. The van der Waals surface area contributed by atoms with Crippen LogP contribution < -0.4 is 38.6 Å². The van der Waals surface area contributed by atoms with Gasteiger partial charge in [0.25, 0.3) is 0 Å². The van der Waals surface area contributed by atoms with E-state index in [1.54, 1.807) is 24.3 Å². The van der Waals surface area contributed by atoms with E-state index in [9.17, 15) is 14.4 Å². The van der Waals surface area contributed by atoms with Crippen molar-refractivity contribution in [1.29, 1.82) is 0 Å². The molecule has 128 valence electrons. The number of fused-ring (bicyclic) bond motifs is 2. The highest BCUT2D eigenvalue weighted by molar-refractivity contribution is 7.24. The lowest BCUT2D eigenvalue weighted by Crippen LogP contribution is -2.41. The summed E-state index contributed by atoms with van der Waals surface area (Å²) in [6, 6.07) is 7.80. The van der Waals surface area contributed by atoms with Gasteiger partial charge in [-0.15, -0.1) is 11.3 Å². The standard InChI is InChI=1S/C15H14N6O3S/c16-14(23)20(18)7-2-4-11-10(5-7)13(22)9-3-1-8(6-12(9)25-11)21(19)15(17)24/h1-6H,18-19H2,(H2,16,23)(H2,17,24). The van der Waals surface area contributed by atoms with Crippen LogP contribution in [-0.2, 0) is 0 Å². The fraction of sp³-hybridized carbons (Fsp3) is 0. The average molecular weight is 358 g/mol. The van der Waals surface area contributed by atoms with Gasteiger partial charge < -0.3 is 11.5 Å². The monoisotopic (exact) mass is 358 g/mol. The molecule has 0 aliphatic rings.